The Kier molecular flexibility index (Phi) is 4.90. The monoisotopic (exact) mass is 209 g/mol. The van der Waals surface area contributed by atoms with Crippen molar-refractivity contribution in [3.63, 3.8) is 0 Å². The molecule has 0 radical (unpaired) electrons. The molecule has 0 rings (SSSR count). The van der Waals surface area contributed by atoms with E-state index in [9.17, 15) is 9.59 Å². The second-order valence-electron chi connectivity index (χ2n) is 3.16. The number of hydrogen-bond donors (Lipinski definition) is 1. The van der Waals surface area contributed by atoms with Crippen LogP contribution in [0.5, 0.6) is 0 Å². The first kappa shape index (κ1) is 13.0. The summed E-state index contributed by atoms with van der Waals surface area (Å²) in [6.45, 7) is 2.96. The summed E-state index contributed by atoms with van der Waals surface area (Å²) in [6.07, 6.45) is 0.653. The molecule has 5 heteroatoms. The summed E-state index contributed by atoms with van der Waals surface area (Å²) < 4.78 is 4.58. The van der Waals surface area contributed by atoms with Gasteiger partial charge in [-0.05, 0) is 13.8 Å². The van der Waals surface area contributed by atoms with Crippen LogP contribution >= 0.6 is 0 Å². The molecule has 0 aromatic heterocycles. The zero-order valence-electron chi connectivity index (χ0n) is 8.53. The molecule has 0 saturated carbocycles. The van der Waals surface area contributed by atoms with Crippen LogP contribution in [0.15, 0.2) is 0 Å². The van der Waals surface area contributed by atoms with Crippen LogP contribution in [0.2, 0.25) is 0 Å². The van der Waals surface area contributed by atoms with E-state index in [1.54, 1.807) is 0 Å². The van der Waals surface area contributed by atoms with Crippen LogP contribution in [0.3, 0.4) is 0 Å². The number of nitrogens with zero attached hydrogens (tertiary/aromatic N) is 1. The number of carboxylic acids is 1. The van der Waals surface area contributed by atoms with Crippen molar-refractivity contribution < 1.29 is 19.4 Å². The molecule has 0 aromatic rings. The highest BCUT2D eigenvalue weighted by Crippen LogP contribution is 2.07. The Morgan fingerprint density at radius 3 is 2.47 bits per heavy atom. The SMILES string of the molecule is CC(C)(C#CCCC#N)OC(=O)C(=O)O. The molecule has 80 valence electrons. The standard InChI is InChI=1S/C10H11NO4/c1-10(2,6-4-3-5-7-11)15-9(14)8(12)13/h3,5H2,1-2H3,(H,12,13). The van der Waals surface area contributed by atoms with Crippen molar-refractivity contribution in [3.8, 4) is 17.9 Å². The van der Waals surface area contributed by atoms with Gasteiger partial charge in [0.1, 0.15) is 0 Å². The molecular weight excluding hydrogens is 198 g/mol. The summed E-state index contributed by atoms with van der Waals surface area (Å²) >= 11 is 0. The van der Waals surface area contributed by atoms with Gasteiger partial charge in [-0.25, -0.2) is 9.59 Å². The summed E-state index contributed by atoms with van der Waals surface area (Å²) in [5.74, 6) is 2.21. The quantitative estimate of drug-likeness (QED) is 0.313. The Morgan fingerprint density at radius 2 is 2.00 bits per heavy atom. The zero-order valence-corrected chi connectivity index (χ0v) is 8.53. The maximum Gasteiger partial charge on any atom is 0.418 e. The number of nitriles is 1. The number of carbonyl (C=O) groups excluding carboxylic acids is 1. The Balaban J connectivity index is 4.29. The first-order valence-corrected chi connectivity index (χ1v) is 4.22. The number of unbranched alkanes of at least 4 members (excludes halogenated alkanes) is 1. The van der Waals surface area contributed by atoms with Crippen LogP contribution in [0.1, 0.15) is 26.7 Å². The van der Waals surface area contributed by atoms with Gasteiger partial charge in [0.25, 0.3) is 0 Å². The van der Waals surface area contributed by atoms with Crippen LogP contribution in [0.25, 0.3) is 0 Å². The van der Waals surface area contributed by atoms with Gasteiger partial charge in [-0.15, -0.1) is 0 Å². The van der Waals surface area contributed by atoms with E-state index in [0.717, 1.165) is 0 Å². The second-order valence-corrected chi connectivity index (χ2v) is 3.16. The van der Waals surface area contributed by atoms with E-state index < -0.39 is 17.5 Å². The Hall–Kier alpha value is -2.01. The van der Waals surface area contributed by atoms with Crippen molar-refractivity contribution in [2.24, 2.45) is 0 Å². The highest BCUT2D eigenvalue weighted by Gasteiger charge is 2.24. The number of esters is 1. The predicted molar refractivity (Wildman–Crippen MR) is 50.4 cm³/mol. The van der Waals surface area contributed by atoms with E-state index in [4.69, 9.17) is 10.4 Å². The summed E-state index contributed by atoms with van der Waals surface area (Å²) in [7, 11) is 0. The van der Waals surface area contributed by atoms with E-state index in [1.807, 2.05) is 6.07 Å². The third-order valence-electron chi connectivity index (χ3n) is 1.27. The van der Waals surface area contributed by atoms with E-state index in [1.165, 1.54) is 13.8 Å². The first-order chi connectivity index (χ1) is 6.89. The molecule has 0 heterocycles. The van der Waals surface area contributed by atoms with Gasteiger partial charge in [0.05, 0.1) is 6.07 Å². The Bertz CT molecular complexity index is 354. The van der Waals surface area contributed by atoms with Crippen LogP contribution in [-0.2, 0) is 14.3 Å². The Labute approximate surface area is 87.6 Å². The molecule has 0 atom stereocenters. The molecule has 0 bridgehead atoms. The van der Waals surface area contributed by atoms with E-state index in [0.29, 0.717) is 6.42 Å². The highest BCUT2D eigenvalue weighted by molar-refractivity contribution is 6.28. The molecule has 1 N–H and O–H groups in total. The average molecular weight is 209 g/mol. The van der Waals surface area contributed by atoms with E-state index >= 15 is 0 Å². The fourth-order valence-electron chi connectivity index (χ4n) is 0.695. The van der Waals surface area contributed by atoms with Crippen LogP contribution in [-0.4, -0.2) is 22.6 Å². The van der Waals surface area contributed by atoms with Gasteiger partial charge in [-0.1, -0.05) is 11.8 Å². The van der Waals surface area contributed by atoms with Crippen molar-refractivity contribution >= 4 is 11.9 Å². The minimum atomic E-state index is -1.65. The lowest BCUT2D eigenvalue weighted by atomic mass is 10.1. The predicted octanol–water partition coefficient (Wildman–Crippen LogP) is 0.700. The van der Waals surface area contributed by atoms with Gasteiger partial charge in [0, 0.05) is 12.8 Å². The number of hydrogen-bond acceptors (Lipinski definition) is 4. The smallest absolute Gasteiger partial charge is 0.418 e. The number of aliphatic carboxylic acids is 1. The molecule has 15 heavy (non-hydrogen) atoms. The summed E-state index contributed by atoms with van der Waals surface area (Å²) in [6, 6.07) is 1.91. The minimum absolute atomic E-state index is 0.288. The number of carbonyl (C=O) groups is 2. The van der Waals surface area contributed by atoms with Crippen molar-refractivity contribution in [1.82, 2.24) is 0 Å². The fourth-order valence-corrected chi connectivity index (χ4v) is 0.695. The van der Waals surface area contributed by atoms with Gasteiger partial charge in [0.15, 0.2) is 5.60 Å². The minimum Gasteiger partial charge on any atom is -0.473 e. The number of carboxylic acid groups (broad SMARTS) is 1. The summed E-state index contributed by atoms with van der Waals surface area (Å²) in [5.41, 5.74) is -1.15. The maximum atomic E-state index is 10.7. The van der Waals surface area contributed by atoms with Gasteiger partial charge in [-0.2, -0.15) is 5.26 Å². The molecule has 0 unspecified atom stereocenters. The third-order valence-corrected chi connectivity index (χ3v) is 1.27. The molecule has 0 amide bonds. The highest BCUT2D eigenvalue weighted by atomic mass is 16.6. The van der Waals surface area contributed by atoms with Gasteiger partial charge >= 0.3 is 11.9 Å². The van der Waals surface area contributed by atoms with Crippen molar-refractivity contribution in [1.29, 1.82) is 5.26 Å². The Morgan fingerprint density at radius 1 is 1.40 bits per heavy atom. The lowest BCUT2D eigenvalue weighted by Gasteiger charge is -2.16. The third kappa shape index (κ3) is 6.11. The molecular formula is C10H11NO4. The molecule has 0 fully saturated rings. The van der Waals surface area contributed by atoms with Crippen molar-refractivity contribution in [2.75, 3.05) is 0 Å². The zero-order chi connectivity index (χ0) is 11.9. The largest absolute Gasteiger partial charge is 0.473 e. The molecule has 0 spiro atoms. The van der Waals surface area contributed by atoms with Crippen molar-refractivity contribution in [2.45, 2.75) is 32.3 Å². The second kappa shape index (κ2) is 5.66. The van der Waals surface area contributed by atoms with Crippen LogP contribution in [0.4, 0.5) is 0 Å². The average Bonchev–Trinajstić information content (AvgIpc) is 2.11. The molecule has 5 nitrogen and oxygen atoms in total. The normalized spacial score (nSPS) is 9.40. The van der Waals surface area contributed by atoms with Gasteiger partial charge < -0.3 is 9.84 Å². The van der Waals surface area contributed by atoms with Crippen LogP contribution < -0.4 is 0 Å². The van der Waals surface area contributed by atoms with Gasteiger partial charge in [0.2, 0.25) is 0 Å². The van der Waals surface area contributed by atoms with Crippen molar-refractivity contribution in [3.05, 3.63) is 0 Å². The summed E-state index contributed by atoms with van der Waals surface area (Å²) in [5, 5.41) is 16.5. The molecule has 0 aromatic carbocycles. The topological polar surface area (TPSA) is 87.4 Å². The lowest BCUT2D eigenvalue weighted by molar-refractivity contribution is -0.169. The molecule has 0 aliphatic heterocycles. The van der Waals surface area contributed by atoms with Crippen LogP contribution in [0, 0.1) is 23.2 Å². The van der Waals surface area contributed by atoms with Gasteiger partial charge in [-0.3, -0.25) is 0 Å². The maximum absolute atomic E-state index is 10.7. The number of ether oxygens (including phenoxy) is 1. The number of rotatable bonds is 2. The van der Waals surface area contributed by atoms with E-state index in [2.05, 4.69) is 16.6 Å². The lowest BCUT2D eigenvalue weighted by Crippen LogP contribution is -2.30. The molecule has 0 aliphatic carbocycles. The molecule has 0 aliphatic rings. The van der Waals surface area contributed by atoms with E-state index in [-0.39, 0.29) is 6.42 Å². The summed E-state index contributed by atoms with van der Waals surface area (Å²) in [4.78, 5) is 20.9. The first-order valence-electron chi connectivity index (χ1n) is 4.22. The molecule has 0 saturated heterocycles. The fraction of sp³-hybridized carbons (Fsp3) is 0.500.